The SMILES string of the molecule is C=C(C)C[C@H](N)c1cccc2c1OCO2. The van der Waals surface area contributed by atoms with Crippen LogP contribution >= 0.6 is 0 Å². The Hall–Kier alpha value is -1.48. The number of hydrogen-bond donors (Lipinski definition) is 1. The van der Waals surface area contributed by atoms with Crippen molar-refractivity contribution in [3.8, 4) is 11.5 Å². The molecule has 0 fully saturated rings. The van der Waals surface area contributed by atoms with Gasteiger partial charge >= 0.3 is 0 Å². The first-order valence-corrected chi connectivity index (χ1v) is 4.97. The van der Waals surface area contributed by atoms with Crippen LogP contribution in [0.25, 0.3) is 0 Å². The van der Waals surface area contributed by atoms with Gasteiger partial charge in [-0.15, -0.1) is 6.58 Å². The number of fused-ring (bicyclic) bond motifs is 1. The van der Waals surface area contributed by atoms with Gasteiger partial charge in [0.15, 0.2) is 11.5 Å². The van der Waals surface area contributed by atoms with E-state index in [0.717, 1.165) is 29.1 Å². The maximum absolute atomic E-state index is 6.07. The third-order valence-electron chi connectivity index (χ3n) is 2.39. The van der Waals surface area contributed by atoms with Crippen molar-refractivity contribution in [2.45, 2.75) is 19.4 Å². The van der Waals surface area contributed by atoms with Crippen LogP contribution in [-0.2, 0) is 0 Å². The lowest BCUT2D eigenvalue weighted by molar-refractivity contribution is 0.173. The van der Waals surface area contributed by atoms with E-state index in [9.17, 15) is 0 Å². The number of para-hydroxylation sites is 1. The highest BCUT2D eigenvalue weighted by atomic mass is 16.7. The van der Waals surface area contributed by atoms with Crippen LogP contribution in [0.4, 0.5) is 0 Å². The van der Waals surface area contributed by atoms with Crippen molar-refractivity contribution in [2.75, 3.05) is 6.79 Å². The summed E-state index contributed by atoms with van der Waals surface area (Å²) < 4.78 is 10.7. The topological polar surface area (TPSA) is 44.5 Å². The Kier molecular flexibility index (Phi) is 2.64. The maximum Gasteiger partial charge on any atom is 0.231 e. The predicted molar refractivity (Wildman–Crippen MR) is 58.9 cm³/mol. The van der Waals surface area contributed by atoms with Gasteiger partial charge < -0.3 is 15.2 Å². The minimum Gasteiger partial charge on any atom is -0.454 e. The molecule has 1 aromatic carbocycles. The molecule has 0 radical (unpaired) electrons. The number of ether oxygens (including phenoxy) is 2. The summed E-state index contributed by atoms with van der Waals surface area (Å²) in [5, 5.41) is 0. The number of rotatable bonds is 3. The predicted octanol–water partition coefficient (Wildman–Crippen LogP) is 2.38. The molecule has 1 atom stereocenters. The molecule has 1 heterocycles. The molecule has 3 nitrogen and oxygen atoms in total. The van der Waals surface area contributed by atoms with Gasteiger partial charge in [-0.2, -0.15) is 0 Å². The Morgan fingerprint density at radius 1 is 1.53 bits per heavy atom. The summed E-state index contributed by atoms with van der Waals surface area (Å²) in [6, 6.07) is 5.72. The van der Waals surface area contributed by atoms with Gasteiger partial charge in [-0.1, -0.05) is 17.7 Å². The van der Waals surface area contributed by atoms with Crippen LogP contribution in [0.15, 0.2) is 30.4 Å². The van der Waals surface area contributed by atoms with Crippen molar-refractivity contribution in [2.24, 2.45) is 5.73 Å². The zero-order valence-corrected chi connectivity index (χ0v) is 8.82. The van der Waals surface area contributed by atoms with E-state index in [0.29, 0.717) is 0 Å². The highest BCUT2D eigenvalue weighted by Gasteiger charge is 2.20. The van der Waals surface area contributed by atoms with E-state index in [2.05, 4.69) is 6.58 Å². The molecule has 0 bridgehead atoms. The van der Waals surface area contributed by atoms with Gasteiger partial charge in [0, 0.05) is 11.6 Å². The Labute approximate surface area is 89.5 Å². The van der Waals surface area contributed by atoms with Gasteiger partial charge in [-0.3, -0.25) is 0 Å². The highest BCUT2D eigenvalue weighted by Crippen LogP contribution is 2.38. The number of nitrogens with two attached hydrogens (primary N) is 1. The van der Waals surface area contributed by atoms with E-state index in [1.54, 1.807) is 0 Å². The molecule has 2 N–H and O–H groups in total. The quantitative estimate of drug-likeness (QED) is 0.770. The van der Waals surface area contributed by atoms with Crippen molar-refractivity contribution < 1.29 is 9.47 Å². The molecule has 0 aromatic heterocycles. The molecule has 15 heavy (non-hydrogen) atoms. The van der Waals surface area contributed by atoms with Crippen molar-refractivity contribution in [1.82, 2.24) is 0 Å². The number of hydrogen-bond acceptors (Lipinski definition) is 3. The third kappa shape index (κ3) is 1.97. The molecule has 0 saturated heterocycles. The zero-order chi connectivity index (χ0) is 10.8. The van der Waals surface area contributed by atoms with Crippen LogP contribution in [0, 0.1) is 0 Å². The average Bonchev–Trinajstić information content (AvgIpc) is 2.63. The molecular weight excluding hydrogens is 190 g/mol. The van der Waals surface area contributed by atoms with Crippen molar-refractivity contribution in [3.05, 3.63) is 35.9 Å². The summed E-state index contributed by atoms with van der Waals surface area (Å²) >= 11 is 0. The van der Waals surface area contributed by atoms with E-state index in [1.165, 1.54) is 0 Å². The standard InChI is InChI=1S/C12H15NO2/c1-8(2)6-10(13)9-4-3-5-11-12(9)15-7-14-11/h3-5,10H,1,6-7,13H2,2H3/t10-/m0/s1. The lowest BCUT2D eigenvalue weighted by Crippen LogP contribution is -2.11. The van der Waals surface area contributed by atoms with E-state index < -0.39 is 0 Å². The molecule has 1 aromatic rings. The van der Waals surface area contributed by atoms with Gasteiger partial charge in [0.2, 0.25) is 6.79 Å². The zero-order valence-electron chi connectivity index (χ0n) is 8.82. The molecule has 0 amide bonds. The molecule has 3 heteroatoms. The van der Waals surface area contributed by atoms with E-state index in [4.69, 9.17) is 15.2 Å². The number of benzene rings is 1. The molecule has 1 aliphatic heterocycles. The minimum atomic E-state index is -0.0702. The molecule has 0 saturated carbocycles. The van der Waals surface area contributed by atoms with E-state index in [-0.39, 0.29) is 12.8 Å². The average molecular weight is 205 g/mol. The first kappa shape index (κ1) is 10.1. The summed E-state index contributed by atoms with van der Waals surface area (Å²) in [7, 11) is 0. The first-order chi connectivity index (χ1) is 7.18. The second kappa shape index (κ2) is 3.95. The van der Waals surface area contributed by atoms with Crippen molar-refractivity contribution in [1.29, 1.82) is 0 Å². The summed E-state index contributed by atoms with van der Waals surface area (Å²) in [4.78, 5) is 0. The van der Waals surface area contributed by atoms with Gasteiger partial charge in [-0.25, -0.2) is 0 Å². The molecule has 80 valence electrons. The highest BCUT2D eigenvalue weighted by molar-refractivity contribution is 5.49. The minimum absolute atomic E-state index is 0.0702. The Bertz CT molecular complexity index is 387. The van der Waals surface area contributed by atoms with Gasteiger partial charge in [0.05, 0.1) is 0 Å². The third-order valence-corrected chi connectivity index (χ3v) is 2.39. The lowest BCUT2D eigenvalue weighted by Gasteiger charge is -2.13. The summed E-state index contributed by atoms with van der Waals surface area (Å²) in [6.07, 6.45) is 0.764. The van der Waals surface area contributed by atoms with E-state index in [1.807, 2.05) is 25.1 Å². The van der Waals surface area contributed by atoms with E-state index >= 15 is 0 Å². The molecular formula is C12H15NO2. The first-order valence-electron chi connectivity index (χ1n) is 4.97. The summed E-state index contributed by atoms with van der Waals surface area (Å²) in [5.74, 6) is 1.57. The fraction of sp³-hybridized carbons (Fsp3) is 0.333. The van der Waals surface area contributed by atoms with Crippen molar-refractivity contribution >= 4 is 0 Å². The van der Waals surface area contributed by atoms with Crippen LogP contribution in [0.5, 0.6) is 11.5 Å². The second-order valence-corrected chi connectivity index (χ2v) is 3.85. The Balaban J connectivity index is 2.28. The van der Waals surface area contributed by atoms with Gasteiger partial charge in [0.25, 0.3) is 0 Å². The van der Waals surface area contributed by atoms with Crippen LogP contribution in [0.1, 0.15) is 24.9 Å². The lowest BCUT2D eigenvalue weighted by atomic mass is 10.00. The maximum atomic E-state index is 6.07. The van der Waals surface area contributed by atoms with Crippen molar-refractivity contribution in [3.63, 3.8) is 0 Å². The molecule has 2 rings (SSSR count). The fourth-order valence-corrected chi connectivity index (χ4v) is 1.73. The second-order valence-electron chi connectivity index (χ2n) is 3.85. The molecule has 0 unspecified atom stereocenters. The molecule has 0 spiro atoms. The molecule has 0 aliphatic carbocycles. The molecule has 1 aliphatic rings. The summed E-state index contributed by atoms with van der Waals surface area (Å²) in [5.41, 5.74) is 8.13. The van der Waals surface area contributed by atoms with Crippen LogP contribution in [-0.4, -0.2) is 6.79 Å². The Morgan fingerprint density at radius 2 is 2.33 bits per heavy atom. The van der Waals surface area contributed by atoms with Crippen LogP contribution in [0.2, 0.25) is 0 Å². The van der Waals surface area contributed by atoms with Crippen LogP contribution in [0.3, 0.4) is 0 Å². The largest absolute Gasteiger partial charge is 0.454 e. The Morgan fingerprint density at radius 3 is 3.07 bits per heavy atom. The monoisotopic (exact) mass is 205 g/mol. The fourth-order valence-electron chi connectivity index (χ4n) is 1.73. The normalized spacial score (nSPS) is 15.1. The van der Waals surface area contributed by atoms with Gasteiger partial charge in [0.1, 0.15) is 0 Å². The van der Waals surface area contributed by atoms with Crippen LogP contribution < -0.4 is 15.2 Å². The smallest absolute Gasteiger partial charge is 0.231 e. The summed E-state index contributed by atoms with van der Waals surface area (Å²) in [6.45, 7) is 6.12. The van der Waals surface area contributed by atoms with Gasteiger partial charge in [-0.05, 0) is 19.4 Å².